The number of aromatic amines is 1. The van der Waals surface area contributed by atoms with Gasteiger partial charge < -0.3 is 24.8 Å². The fraction of sp³-hybridized carbons (Fsp3) is 0.391. The van der Waals surface area contributed by atoms with Gasteiger partial charge in [0.2, 0.25) is 0 Å². The Labute approximate surface area is 180 Å². The first kappa shape index (κ1) is 20.0. The third-order valence-electron chi connectivity index (χ3n) is 6.24. The van der Waals surface area contributed by atoms with Gasteiger partial charge in [0.15, 0.2) is 0 Å². The van der Waals surface area contributed by atoms with Gasteiger partial charge in [-0.3, -0.25) is 9.69 Å². The number of aliphatic hydroxyl groups excluding tert-OH is 1. The van der Waals surface area contributed by atoms with Crippen LogP contribution in [0.2, 0.25) is 0 Å². The van der Waals surface area contributed by atoms with Gasteiger partial charge in [0.25, 0.3) is 5.91 Å². The standard InChI is InChI=1S/C23H26N4O4/c1-31-17-6-7-18-19(14-17)25-20(24-18)15-2-4-16(5-3-15)21(28)26-10-12-27(13-11-26)22(29)23(30)8-9-23/h2-7,14,21,28,30H,8-13H2,1H3,(H,24,25). The van der Waals surface area contributed by atoms with Crippen molar-refractivity contribution in [3.63, 3.8) is 0 Å². The van der Waals surface area contributed by atoms with Crippen molar-refractivity contribution in [1.29, 1.82) is 0 Å². The molecule has 0 bridgehead atoms. The zero-order valence-electron chi connectivity index (χ0n) is 17.4. The molecule has 2 heterocycles. The molecule has 2 aromatic carbocycles. The van der Waals surface area contributed by atoms with E-state index in [-0.39, 0.29) is 5.91 Å². The normalized spacial score (nSPS) is 19.4. The number of ether oxygens (including phenoxy) is 1. The molecule has 2 aliphatic rings. The number of methoxy groups -OCH3 is 1. The van der Waals surface area contributed by atoms with Crippen LogP contribution in [-0.4, -0.2) is 74.8 Å². The zero-order chi connectivity index (χ0) is 21.6. The molecule has 1 aromatic heterocycles. The number of benzene rings is 2. The summed E-state index contributed by atoms with van der Waals surface area (Å²) in [4.78, 5) is 23.9. The Morgan fingerprint density at radius 2 is 1.84 bits per heavy atom. The van der Waals surface area contributed by atoms with E-state index in [1.807, 2.05) is 47.4 Å². The molecule has 1 aliphatic carbocycles. The average molecular weight is 422 g/mol. The number of piperazine rings is 1. The highest BCUT2D eigenvalue weighted by Crippen LogP contribution is 2.37. The van der Waals surface area contributed by atoms with E-state index in [9.17, 15) is 15.0 Å². The quantitative estimate of drug-likeness (QED) is 0.581. The second-order valence-electron chi connectivity index (χ2n) is 8.32. The van der Waals surface area contributed by atoms with E-state index in [0.717, 1.165) is 33.7 Å². The van der Waals surface area contributed by atoms with Crippen LogP contribution in [0.3, 0.4) is 0 Å². The highest BCUT2D eigenvalue weighted by Gasteiger charge is 2.50. The molecule has 1 saturated heterocycles. The van der Waals surface area contributed by atoms with Crippen molar-refractivity contribution in [2.24, 2.45) is 0 Å². The first-order valence-electron chi connectivity index (χ1n) is 10.5. The number of carbonyl (C=O) groups is 1. The summed E-state index contributed by atoms with van der Waals surface area (Å²) < 4.78 is 5.26. The summed E-state index contributed by atoms with van der Waals surface area (Å²) in [6.45, 7) is 2.16. The Balaban J connectivity index is 1.25. The molecule has 3 N–H and O–H groups in total. The third-order valence-corrected chi connectivity index (χ3v) is 6.24. The van der Waals surface area contributed by atoms with Gasteiger partial charge in [0, 0.05) is 37.8 Å². The Morgan fingerprint density at radius 3 is 2.48 bits per heavy atom. The molecule has 1 amide bonds. The Bertz CT molecular complexity index is 1100. The lowest BCUT2D eigenvalue weighted by atomic mass is 10.1. The Kier molecular flexibility index (Phi) is 4.92. The van der Waals surface area contributed by atoms with Gasteiger partial charge in [-0.1, -0.05) is 24.3 Å². The van der Waals surface area contributed by atoms with Crippen LogP contribution in [-0.2, 0) is 4.79 Å². The van der Waals surface area contributed by atoms with Crippen LogP contribution in [0.1, 0.15) is 24.6 Å². The summed E-state index contributed by atoms with van der Waals surface area (Å²) in [5, 5.41) is 20.8. The second kappa shape index (κ2) is 7.64. The average Bonchev–Trinajstić information content (AvgIpc) is 3.42. The van der Waals surface area contributed by atoms with Crippen molar-refractivity contribution in [3.05, 3.63) is 48.0 Å². The number of nitrogens with one attached hydrogen (secondary N) is 1. The van der Waals surface area contributed by atoms with Crippen molar-refractivity contribution >= 4 is 16.9 Å². The van der Waals surface area contributed by atoms with Crippen molar-refractivity contribution < 1.29 is 19.7 Å². The van der Waals surface area contributed by atoms with Crippen molar-refractivity contribution in [1.82, 2.24) is 19.8 Å². The number of imidazole rings is 1. The monoisotopic (exact) mass is 422 g/mol. The van der Waals surface area contributed by atoms with Crippen molar-refractivity contribution in [3.8, 4) is 17.1 Å². The van der Waals surface area contributed by atoms with Gasteiger partial charge in [-0.25, -0.2) is 4.98 Å². The molecule has 3 aromatic rings. The molecule has 5 rings (SSSR count). The highest BCUT2D eigenvalue weighted by molar-refractivity contribution is 5.88. The number of hydrogen-bond acceptors (Lipinski definition) is 6. The SMILES string of the molecule is COc1ccc2[nH]c(-c3ccc(C(O)N4CCN(C(=O)C5(O)CC5)CC4)cc3)nc2c1. The number of hydrogen-bond donors (Lipinski definition) is 3. The maximum atomic E-state index is 12.3. The molecule has 1 unspecified atom stereocenters. The largest absolute Gasteiger partial charge is 0.497 e. The summed E-state index contributed by atoms with van der Waals surface area (Å²) in [5.41, 5.74) is 2.37. The molecule has 0 spiro atoms. The van der Waals surface area contributed by atoms with Gasteiger partial charge in [-0.15, -0.1) is 0 Å². The molecular formula is C23H26N4O4. The molecule has 0 radical (unpaired) electrons. The minimum absolute atomic E-state index is 0.172. The highest BCUT2D eigenvalue weighted by atomic mass is 16.5. The molecule has 2 fully saturated rings. The summed E-state index contributed by atoms with van der Waals surface area (Å²) >= 11 is 0. The maximum absolute atomic E-state index is 12.3. The predicted octanol–water partition coefficient (Wildman–Crippen LogP) is 1.90. The fourth-order valence-corrected chi connectivity index (χ4v) is 4.07. The Morgan fingerprint density at radius 1 is 1.13 bits per heavy atom. The summed E-state index contributed by atoms with van der Waals surface area (Å²) in [5.74, 6) is 1.35. The van der Waals surface area contributed by atoms with Crippen LogP contribution in [0, 0.1) is 0 Å². The van der Waals surface area contributed by atoms with Gasteiger partial charge in [-0.05, 0) is 30.5 Å². The number of amides is 1. The van der Waals surface area contributed by atoms with Crippen LogP contribution >= 0.6 is 0 Å². The number of H-pyrrole nitrogens is 1. The minimum atomic E-state index is -1.13. The lowest BCUT2D eigenvalue weighted by molar-refractivity contribution is -0.146. The second-order valence-corrected chi connectivity index (χ2v) is 8.32. The molecule has 31 heavy (non-hydrogen) atoms. The molecule has 1 aliphatic heterocycles. The van der Waals surface area contributed by atoms with E-state index < -0.39 is 11.8 Å². The summed E-state index contributed by atoms with van der Waals surface area (Å²) in [6.07, 6.45) is 0.370. The van der Waals surface area contributed by atoms with Crippen LogP contribution in [0.15, 0.2) is 42.5 Å². The van der Waals surface area contributed by atoms with E-state index in [0.29, 0.717) is 39.0 Å². The van der Waals surface area contributed by atoms with E-state index in [2.05, 4.69) is 9.97 Å². The minimum Gasteiger partial charge on any atom is -0.497 e. The number of rotatable bonds is 5. The maximum Gasteiger partial charge on any atom is 0.254 e. The van der Waals surface area contributed by atoms with Crippen LogP contribution in [0.4, 0.5) is 0 Å². The number of fused-ring (bicyclic) bond motifs is 1. The van der Waals surface area contributed by atoms with Gasteiger partial charge in [0.1, 0.15) is 23.4 Å². The summed E-state index contributed by atoms with van der Waals surface area (Å²) in [6, 6.07) is 13.4. The van der Waals surface area contributed by atoms with Crippen LogP contribution in [0.25, 0.3) is 22.4 Å². The molecular weight excluding hydrogens is 396 g/mol. The van der Waals surface area contributed by atoms with Gasteiger partial charge in [0.05, 0.1) is 18.1 Å². The zero-order valence-corrected chi connectivity index (χ0v) is 17.4. The van der Waals surface area contributed by atoms with Crippen LogP contribution in [0.5, 0.6) is 5.75 Å². The summed E-state index contributed by atoms with van der Waals surface area (Å²) in [7, 11) is 1.63. The van der Waals surface area contributed by atoms with E-state index in [4.69, 9.17) is 4.74 Å². The van der Waals surface area contributed by atoms with Gasteiger partial charge >= 0.3 is 0 Å². The lowest BCUT2D eigenvalue weighted by Gasteiger charge is -2.38. The number of carbonyl (C=O) groups excluding carboxylic acids is 1. The fourth-order valence-electron chi connectivity index (χ4n) is 4.07. The molecule has 1 saturated carbocycles. The molecule has 8 heteroatoms. The van der Waals surface area contributed by atoms with E-state index in [1.165, 1.54) is 0 Å². The van der Waals surface area contributed by atoms with E-state index in [1.54, 1.807) is 12.0 Å². The first-order chi connectivity index (χ1) is 15.0. The lowest BCUT2D eigenvalue weighted by Crippen LogP contribution is -2.52. The molecule has 1 atom stereocenters. The predicted molar refractivity (Wildman–Crippen MR) is 115 cm³/mol. The number of aromatic nitrogens is 2. The number of nitrogens with zero attached hydrogens (tertiary/aromatic N) is 3. The molecule has 162 valence electrons. The third kappa shape index (κ3) is 3.78. The van der Waals surface area contributed by atoms with Gasteiger partial charge in [-0.2, -0.15) is 0 Å². The van der Waals surface area contributed by atoms with Crippen molar-refractivity contribution in [2.75, 3.05) is 33.3 Å². The van der Waals surface area contributed by atoms with Crippen LogP contribution < -0.4 is 4.74 Å². The Hall–Kier alpha value is -2.94. The topological polar surface area (TPSA) is 102 Å². The van der Waals surface area contributed by atoms with E-state index >= 15 is 0 Å². The number of aliphatic hydroxyl groups is 2. The van der Waals surface area contributed by atoms with Crippen molar-refractivity contribution in [2.45, 2.75) is 24.7 Å². The molecule has 8 nitrogen and oxygen atoms in total. The first-order valence-corrected chi connectivity index (χ1v) is 10.5. The smallest absolute Gasteiger partial charge is 0.254 e.